The Balaban J connectivity index is 2.00. The van der Waals surface area contributed by atoms with Crippen molar-refractivity contribution in [2.24, 2.45) is 5.14 Å². The SMILES string of the molecule is Cc1cc(OCC(=O)N2CCCC2)ccc1S(N)(=O)=O. The van der Waals surface area contributed by atoms with E-state index in [0.717, 1.165) is 25.9 Å². The molecular weight excluding hydrogens is 280 g/mol. The molecule has 1 aliphatic rings. The zero-order chi connectivity index (χ0) is 14.8. The molecule has 7 heteroatoms. The molecular formula is C13H18N2O4S. The number of benzene rings is 1. The topological polar surface area (TPSA) is 89.7 Å². The maximum absolute atomic E-state index is 11.8. The van der Waals surface area contributed by atoms with Crippen molar-refractivity contribution >= 4 is 15.9 Å². The zero-order valence-corrected chi connectivity index (χ0v) is 12.1. The molecule has 1 amide bonds. The Labute approximate surface area is 118 Å². The molecule has 1 heterocycles. The van der Waals surface area contributed by atoms with E-state index in [9.17, 15) is 13.2 Å². The van der Waals surface area contributed by atoms with Gasteiger partial charge in [-0.05, 0) is 43.5 Å². The number of likely N-dealkylation sites (tertiary alicyclic amines) is 1. The van der Waals surface area contributed by atoms with Crippen LogP contribution in [0.4, 0.5) is 0 Å². The Bertz CT molecular complexity index is 607. The van der Waals surface area contributed by atoms with Crippen molar-refractivity contribution in [2.75, 3.05) is 19.7 Å². The van der Waals surface area contributed by atoms with Crippen molar-refractivity contribution in [3.8, 4) is 5.75 Å². The van der Waals surface area contributed by atoms with Gasteiger partial charge in [0.2, 0.25) is 10.0 Å². The number of carbonyl (C=O) groups excluding carboxylic acids is 1. The van der Waals surface area contributed by atoms with Crippen LogP contribution in [0.15, 0.2) is 23.1 Å². The number of nitrogens with two attached hydrogens (primary N) is 1. The lowest BCUT2D eigenvalue weighted by Gasteiger charge is -2.15. The van der Waals surface area contributed by atoms with Crippen LogP contribution >= 0.6 is 0 Å². The standard InChI is InChI=1S/C13H18N2O4S/c1-10-8-11(4-5-12(10)20(14,17)18)19-9-13(16)15-6-2-3-7-15/h4-5,8H,2-3,6-7,9H2,1H3,(H2,14,17,18). The molecule has 20 heavy (non-hydrogen) atoms. The van der Waals surface area contributed by atoms with Gasteiger partial charge in [0.15, 0.2) is 6.61 Å². The van der Waals surface area contributed by atoms with Crippen LogP contribution in [0.25, 0.3) is 0 Å². The molecule has 0 saturated carbocycles. The van der Waals surface area contributed by atoms with Gasteiger partial charge < -0.3 is 9.64 Å². The number of hydrogen-bond donors (Lipinski definition) is 1. The third-order valence-electron chi connectivity index (χ3n) is 3.27. The summed E-state index contributed by atoms with van der Waals surface area (Å²) in [5.74, 6) is 0.415. The quantitative estimate of drug-likeness (QED) is 0.883. The molecule has 1 fully saturated rings. The van der Waals surface area contributed by atoms with Gasteiger partial charge in [-0.3, -0.25) is 4.79 Å². The maximum atomic E-state index is 11.8. The van der Waals surface area contributed by atoms with Crippen LogP contribution in [-0.2, 0) is 14.8 Å². The fraction of sp³-hybridized carbons (Fsp3) is 0.462. The van der Waals surface area contributed by atoms with Crippen LogP contribution in [0.3, 0.4) is 0 Å². The first kappa shape index (κ1) is 14.8. The van der Waals surface area contributed by atoms with Crippen LogP contribution in [0.2, 0.25) is 0 Å². The number of sulfonamides is 1. The van der Waals surface area contributed by atoms with Gasteiger partial charge in [0.05, 0.1) is 4.90 Å². The first-order valence-electron chi connectivity index (χ1n) is 6.42. The summed E-state index contributed by atoms with van der Waals surface area (Å²) in [6.07, 6.45) is 2.07. The second-order valence-electron chi connectivity index (χ2n) is 4.85. The van der Waals surface area contributed by atoms with Gasteiger partial charge in [0.1, 0.15) is 5.75 Å². The Kier molecular flexibility index (Phi) is 4.29. The largest absolute Gasteiger partial charge is 0.484 e. The van der Waals surface area contributed by atoms with E-state index in [0.29, 0.717) is 11.3 Å². The third kappa shape index (κ3) is 3.49. The molecule has 0 bridgehead atoms. The van der Waals surface area contributed by atoms with Crippen molar-refractivity contribution < 1.29 is 17.9 Å². The van der Waals surface area contributed by atoms with Crippen molar-refractivity contribution in [1.29, 1.82) is 0 Å². The first-order chi connectivity index (χ1) is 9.38. The van der Waals surface area contributed by atoms with E-state index in [-0.39, 0.29) is 17.4 Å². The average molecular weight is 298 g/mol. The molecule has 2 rings (SSSR count). The van der Waals surface area contributed by atoms with Crippen LogP contribution in [-0.4, -0.2) is 38.9 Å². The minimum atomic E-state index is -3.73. The van der Waals surface area contributed by atoms with Crippen molar-refractivity contribution in [2.45, 2.75) is 24.7 Å². The second-order valence-corrected chi connectivity index (χ2v) is 6.38. The van der Waals surface area contributed by atoms with Gasteiger partial charge in [-0.2, -0.15) is 0 Å². The number of ether oxygens (including phenoxy) is 1. The number of nitrogens with zero attached hydrogens (tertiary/aromatic N) is 1. The molecule has 1 saturated heterocycles. The van der Waals surface area contributed by atoms with E-state index in [2.05, 4.69) is 0 Å². The zero-order valence-electron chi connectivity index (χ0n) is 11.3. The molecule has 110 valence electrons. The lowest BCUT2D eigenvalue weighted by Crippen LogP contribution is -2.32. The van der Waals surface area contributed by atoms with Gasteiger partial charge in [-0.25, -0.2) is 13.6 Å². The van der Waals surface area contributed by atoms with E-state index in [1.165, 1.54) is 12.1 Å². The van der Waals surface area contributed by atoms with Gasteiger partial charge in [-0.15, -0.1) is 0 Å². The highest BCUT2D eigenvalue weighted by Gasteiger charge is 2.18. The summed E-state index contributed by atoms with van der Waals surface area (Å²) in [4.78, 5) is 13.6. The number of hydrogen-bond acceptors (Lipinski definition) is 4. The van der Waals surface area contributed by atoms with Crippen LogP contribution in [0, 0.1) is 6.92 Å². The average Bonchev–Trinajstić information content (AvgIpc) is 2.88. The number of aryl methyl sites for hydroxylation is 1. The summed E-state index contributed by atoms with van der Waals surface area (Å²) in [5.41, 5.74) is 0.499. The Morgan fingerprint density at radius 2 is 2.00 bits per heavy atom. The molecule has 0 radical (unpaired) electrons. The molecule has 0 aromatic heterocycles. The summed E-state index contributed by atoms with van der Waals surface area (Å²) in [6, 6.07) is 4.46. The highest BCUT2D eigenvalue weighted by atomic mass is 32.2. The summed E-state index contributed by atoms with van der Waals surface area (Å²) in [5, 5.41) is 5.08. The Morgan fingerprint density at radius 3 is 2.55 bits per heavy atom. The van der Waals surface area contributed by atoms with Gasteiger partial charge in [0.25, 0.3) is 5.91 Å². The summed E-state index contributed by atoms with van der Waals surface area (Å²) >= 11 is 0. The normalized spacial score (nSPS) is 15.4. The second kappa shape index (κ2) is 5.80. The highest BCUT2D eigenvalue weighted by Crippen LogP contribution is 2.20. The number of rotatable bonds is 4. The third-order valence-corrected chi connectivity index (χ3v) is 4.35. The van der Waals surface area contributed by atoms with Gasteiger partial charge >= 0.3 is 0 Å². The smallest absolute Gasteiger partial charge is 0.260 e. The number of primary sulfonamides is 1. The van der Waals surface area contributed by atoms with Crippen molar-refractivity contribution in [1.82, 2.24) is 4.90 Å². The monoisotopic (exact) mass is 298 g/mol. The molecule has 0 unspecified atom stereocenters. The molecule has 0 aliphatic carbocycles. The fourth-order valence-electron chi connectivity index (χ4n) is 2.23. The van der Waals surface area contributed by atoms with E-state index < -0.39 is 10.0 Å². The van der Waals surface area contributed by atoms with Gasteiger partial charge in [0, 0.05) is 13.1 Å². The van der Waals surface area contributed by atoms with E-state index in [1.54, 1.807) is 17.9 Å². The molecule has 0 atom stereocenters. The fourth-order valence-corrected chi connectivity index (χ4v) is 3.00. The Hall–Kier alpha value is -1.60. The van der Waals surface area contributed by atoms with Crippen LogP contribution in [0.5, 0.6) is 5.75 Å². The molecule has 1 aliphatic heterocycles. The lowest BCUT2D eigenvalue weighted by molar-refractivity contribution is -0.132. The minimum absolute atomic E-state index is 0.0336. The molecule has 1 aromatic carbocycles. The van der Waals surface area contributed by atoms with Gasteiger partial charge in [-0.1, -0.05) is 0 Å². The van der Waals surface area contributed by atoms with E-state index in [1.807, 2.05) is 0 Å². The summed E-state index contributed by atoms with van der Waals surface area (Å²) in [7, 11) is -3.73. The molecule has 6 nitrogen and oxygen atoms in total. The lowest BCUT2D eigenvalue weighted by atomic mass is 10.2. The first-order valence-corrected chi connectivity index (χ1v) is 7.96. The van der Waals surface area contributed by atoms with Crippen LogP contribution in [0.1, 0.15) is 18.4 Å². The number of amides is 1. The van der Waals surface area contributed by atoms with Crippen LogP contribution < -0.4 is 9.88 Å². The predicted molar refractivity (Wildman–Crippen MR) is 73.9 cm³/mol. The van der Waals surface area contributed by atoms with Crippen molar-refractivity contribution in [3.63, 3.8) is 0 Å². The molecule has 1 aromatic rings. The minimum Gasteiger partial charge on any atom is -0.484 e. The van der Waals surface area contributed by atoms with E-state index >= 15 is 0 Å². The molecule has 0 spiro atoms. The highest BCUT2D eigenvalue weighted by molar-refractivity contribution is 7.89. The summed E-state index contributed by atoms with van der Waals surface area (Å²) in [6.45, 7) is 3.17. The van der Waals surface area contributed by atoms with Crippen molar-refractivity contribution in [3.05, 3.63) is 23.8 Å². The predicted octanol–water partition coefficient (Wildman–Crippen LogP) is 0.644. The molecule has 2 N–H and O–H groups in total. The van der Waals surface area contributed by atoms with E-state index in [4.69, 9.17) is 9.88 Å². The maximum Gasteiger partial charge on any atom is 0.260 e. The number of carbonyl (C=O) groups is 1. The summed E-state index contributed by atoms with van der Waals surface area (Å²) < 4.78 is 28.0. The Morgan fingerprint density at radius 1 is 1.35 bits per heavy atom.